The summed E-state index contributed by atoms with van der Waals surface area (Å²) in [6.07, 6.45) is 3.96. The highest BCUT2D eigenvalue weighted by Crippen LogP contribution is 2.43. The van der Waals surface area contributed by atoms with Crippen molar-refractivity contribution in [3.8, 4) is 0 Å². The number of carbonyl (C=O) groups excluding carboxylic acids is 2. The summed E-state index contributed by atoms with van der Waals surface area (Å²) in [5.74, 6) is -0.702. The molecule has 0 saturated carbocycles. The van der Waals surface area contributed by atoms with Crippen molar-refractivity contribution in [3.05, 3.63) is 40.0 Å². The summed E-state index contributed by atoms with van der Waals surface area (Å²) in [5.41, 5.74) is 4.77. The van der Waals surface area contributed by atoms with E-state index in [1.54, 1.807) is 6.20 Å². The molecule has 6 nitrogen and oxygen atoms in total. The summed E-state index contributed by atoms with van der Waals surface area (Å²) in [6, 6.07) is 0. The van der Waals surface area contributed by atoms with Gasteiger partial charge in [-0.15, -0.1) is 0 Å². The van der Waals surface area contributed by atoms with Crippen molar-refractivity contribution in [2.24, 2.45) is 0 Å². The van der Waals surface area contributed by atoms with Crippen LogP contribution in [0, 0.1) is 6.92 Å². The standard InChI is InChI=1S/C18H23N3O3/c1-5-21-11(3)12(9-19-21)16-15(18(23)24-4)10(2)20-13-7-6-8-14(22)17(13)16/h9,16,20H,5-8H2,1-4H3/t16-/m0/s1. The van der Waals surface area contributed by atoms with Gasteiger partial charge in [0.2, 0.25) is 0 Å². The summed E-state index contributed by atoms with van der Waals surface area (Å²) in [7, 11) is 1.37. The van der Waals surface area contributed by atoms with Gasteiger partial charge >= 0.3 is 5.97 Å². The first-order valence-corrected chi connectivity index (χ1v) is 8.34. The molecule has 1 aromatic heterocycles. The molecule has 0 amide bonds. The van der Waals surface area contributed by atoms with Gasteiger partial charge in [-0.05, 0) is 33.6 Å². The van der Waals surface area contributed by atoms with Crippen LogP contribution in [-0.4, -0.2) is 28.6 Å². The van der Waals surface area contributed by atoms with Gasteiger partial charge in [-0.1, -0.05) is 0 Å². The summed E-state index contributed by atoms with van der Waals surface area (Å²) in [5, 5.41) is 7.67. The number of ketones is 1. The topological polar surface area (TPSA) is 73.2 Å². The monoisotopic (exact) mass is 329 g/mol. The fourth-order valence-corrected chi connectivity index (χ4v) is 3.74. The zero-order valence-corrected chi connectivity index (χ0v) is 14.6. The van der Waals surface area contributed by atoms with E-state index < -0.39 is 11.9 Å². The zero-order chi connectivity index (χ0) is 17.4. The van der Waals surface area contributed by atoms with Gasteiger partial charge in [-0.2, -0.15) is 5.10 Å². The Morgan fingerprint density at radius 3 is 2.79 bits per heavy atom. The number of nitrogens with zero attached hydrogens (tertiary/aromatic N) is 2. The average molecular weight is 329 g/mol. The number of nitrogens with one attached hydrogen (secondary N) is 1. The number of methoxy groups -OCH3 is 1. The van der Waals surface area contributed by atoms with Gasteiger partial charge in [0, 0.05) is 41.2 Å². The summed E-state index contributed by atoms with van der Waals surface area (Å²) in [4.78, 5) is 25.1. The Morgan fingerprint density at radius 1 is 1.42 bits per heavy atom. The van der Waals surface area contributed by atoms with Crippen molar-refractivity contribution < 1.29 is 14.3 Å². The molecular formula is C18H23N3O3. The van der Waals surface area contributed by atoms with Gasteiger partial charge in [0.1, 0.15) is 0 Å². The number of dihydropyridines is 1. The van der Waals surface area contributed by atoms with E-state index in [-0.39, 0.29) is 5.78 Å². The highest BCUT2D eigenvalue weighted by molar-refractivity contribution is 6.03. The first-order chi connectivity index (χ1) is 11.5. The fraction of sp³-hybridized carbons (Fsp3) is 0.500. The van der Waals surface area contributed by atoms with Gasteiger partial charge in [0.15, 0.2) is 5.78 Å². The van der Waals surface area contributed by atoms with Crippen molar-refractivity contribution in [2.75, 3.05) is 7.11 Å². The smallest absolute Gasteiger partial charge is 0.336 e. The molecule has 1 aliphatic heterocycles. The molecule has 128 valence electrons. The number of aromatic nitrogens is 2. The van der Waals surface area contributed by atoms with E-state index in [4.69, 9.17) is 4.74 Å². The number of carbonyl (C=O) groups is 2. The Morgan fingerprint density at radius 2 is 2.17 bits per heavy atom. The average Bonchev–Trinajstić information content (AvgIpc) is 2.93. The first-order valence-electron chi connectivity index (χ1n) is 8.34. The second-order valence-electron chi connectivity index (χ2n) is 6.26. The second kappa shape index (κ2) is 6.26. The van der Waals surface area contributed by atoms with Crippen molar-refractivity contribution in [2.45, 2.75) is 52.5 Å². The molecule has 0 unspecified atom stereocenters. The molecule has 1 N–H and O–H groups in total. The Balaban J connectivity index is 2.22. The minimum Gasteiger partial charge on any atom is -0.466 e. The largest absolute Gasteiger partial charge is 0.466 e. The Kier molecular flexibility index (Phi) is 4.30. The van der Waals surface area contributed by atoms with E-state index in [0.717, 1.165) is 42.0 Å². The summed E-state index contributed by atoms with van der Waals surface area (Å²) in [6.45, 7) is 6.60. The quantitative estimate of drug-likeness (QED) is 0.862. The van der Waals surface area contributed by atoms with Crippen LogP contribution in [0.3, 0.4) is 0 Å². The molecule has 6 heteroatoms. The molecule has 1 atom stereocenters. The molecule has 2 heterocycles. The molecule has 24 heavy (non-hydrogen) atoms. The molecule has 0 spiro atoms. The third-order valence-corrected chi connectivity index (χ3v) is 4.93. The van der Waals surface area contributed by atoms with Crippen LogP contribution >= 0.6 is 0 Å². The molecule has 0 bridgehead atoms. The normalized spacial score (nSPS) is 20.8. The van der Waals surface area contributed by atoms with Crippen LogP contribution < -0.4 is 5.32 Å². The Labute approximate surface area is 141 Å². The lowest BCUT2D eigenvalue weighted by Gasteiger charge is -2.33. The van der Waals surface area contributed by atoms with Crippen LogP contribution in [0.4, 0.5) is 0 Å². The first kappa shape index (κ1) is 16.5. The number of aryl methyl sites for hydroxylation is 1. The second-order valence-corrected chi connectivity index (χ2v) is 6.26. The summed E-state index contributed by atoms with van der Waals surface area (Å²) >= 11 is 0. The lowest BCUT2D eigenvalue weighted by molar-refractivity contribution is -0.136. The molecule has 0 saturated heterocycles. The maximum absolute atomic E-state index is 12.7. The minimum absolute atomic E-state index is 0.103. The predicted molar refractivity (Wildman–Crippen MR) is 89.1 cm³/mol. The third kappa shape index (κ3) is 2.46. The summed E-state index contributed by atoms with van der Waals surface area (Å²) < 4.78 is 6.89. The highest BCUT2D eigenvalue weighted by Gasteiger charge is 2.40. The molecule has 0 radical (unpaired) electrons. The van der Waals surface area contributed by atoms with Crippen molar-refractivity contribution in [3.63, 3.8) is 0 Å². The van der Waals surface area contributed by atoms with Gasteiger partial charge < -0.3 is 10.1 Å². The predicted octanol–water partition coefficient (Wildman–Crippen LogP) is 2.35. The van der Waals surface area contributed by atoms with Crippen LogP contribution in [0.5, 0.6) is 0 Å². The molecular weight excluding hydrogens is 306 g/mol. The number of rotatable bonds is 3. The number of Topliss-reactive ketones (excluding diaryl/α,β-unsaturated/α-hetero) is 1. The Bertz CT molecular complexity index is 770. The van der Waals surface area contributed by atoms with E-state index >= 15 is 0 Å². The number of allylic oxidation sites excluding steroid dienone is 3. The van der Waals surface area contributed by atoms with Gasteiger partial charge in [-0.25, -0.2) is 4.79 Å². The van der Waals surface area contributed by atoms with Gasteiger partial charge in [-0.3, -0.25) is 9.48 Å². The number of hydrogen-bond acceptors (Lipinski definition) is 5. The molecule has 1 aromatic rings. The minimum atomic E-state index is -0.404. The third-order valence-electron chi connectivity index (χ3n) is 4.93. The molecule has 1 aliphatic carbocycles. The van der Waals surface area contributed by atoms with E-state index in [1.165, 1.54) is 7.11 Å². The fourth-order valence-electron chi connectivity index (χ4n) is 3.74. The van der Waals surface area contributed by atoms with Gasteiger partial charge in [0.25, 0.3) is 0 Å². The zero-order valence-electron chi connectivity index (χ0n) is 14.6. The van der Waals surface area contributed by atoms with Crippen molar-refractivity contribution >= 4 is 11.8 Å². The maximum atomic E-state index is 12.7. The van der Waals surface area contributed by atoms with Crippen molar-refractivity contribution in [1.29, 1.82) is 0 Å². The van der Waals surface area contributed by atoms with E-state index in [2.05, 4.69) is 10.4 Å². The van der Waals surface area contributed by atoms with Crippen LogP contribution in [0.15, 0.2) is 28.7 Å². The molecule has 0 aromatic carbocycles. The SMILES string of the molecule is CCn1ncc([C@H]2C(C(=O)OC)=C(C)NC3=C2C(=O)CCC3)c1C. The number of esters is 1. The number of ether oxygens (including phenoxy) is 1. The van der Waals surface area contributed by atoms with Crippen LogP contribution in [0.2, 0.25) is 0 Å². The number of hydrogen-bond donors (Lipinski definition) is 1. The molecule has 3 rings (SSSR count). The lowest BCUT2D eigenvalue weighted by atomic mass is 9.75. The Hall–Kier alpha value is -2.37. The highest BCUT2D eigenvalue weighted by atomic mass is 16.5. The van der Waals surface area contributed by atoms with Crippen LogP contribution in [0.1, 0.15) is 50.3 Å². The molecule has 0 fully saturated rings. The van der Waals surface area contributed by atoms with E-state index in [1.807, 2.05) is 25.5 Å². The van der Waals surface area contributed by atoms with E-state index in [0.29, 0.717) is 17.6 Å². The van der Waals surface area contributed by atoms with Gasteiger partial charge in [0.05, 0.1) is 24.8 Å². The lowest BCUT2D eigenvalue weighted by Crippen LogP contribution is -2.34. The van der Waals surface area contributed by atoms with Crippen LogP contribution in [-0.2, 0) is 20.9 Å². The maximum Gasteiger partial charge on any atom is 0.336 e. The van der Waals surface area contributed by atoms with Crippen molar-refractivity contribution in [1.82, 2.24) is 15.1 Å². The van der Waals surface area contributed by atoms with Crippen LogP contribution in [0.25, 0.3) is 0 Å². The molecule has 2 aliphatic rings. The van der Waals surface area contributed by atoms with E-state index in [9.17, 15) is 9.59 Å².